The van der Waals surface area contributed by atoms with Crippen LogP contribution in [0.15, 0.2) is 12.1 Å². The number of aliphatic hydroxyl groups is 1. The van der Waals surface area contributed by atoms with Crippen molar-refractivity contribution in [1.82, 2.24) is 14.3 Å². The SMILES string of the molecule is COC(=O)c1c(CCCOC(C)=O)c2ccc(F)c(-c3c(CO)nn4c3CCCC4)c2n1C. The van der Waals surface area contributed by atoms with Crippen LogP contribution < -0.4 is 0 Å². The third-order valence-electron chi connectivity index (χ3n) is 6.23. The average Bonchev–Trinajstić information content (AvgIpc) is 3.31. The Hall–Kier alpha value is -3.20. The van der Waals surface area contributed by atoms with Crippen LogP contribution in [0.3, 0.4) is 0 Å². The number of hydrogen-bond acceptors (Lipinski definition) is 6. The summed E-state index contributed by atoms with van der Waals surface area (Å²) in [7, 11) is 3.02. The number of aryl methyl sites for hydroxylation is 3. The number of rotatable bonds is 7. The fraction of sp³-hybridized carbons (Fsp3) is 0.458. The lowest BCUT2D eigenvalue weighted by Gasteiger charge is -2.16. The van der Waals surface area contributed by atoms with Crippen LogP contribution in [0.4, 0.5) is 4.39 Å². The number of aliphatic hydroxyl groups excluding tert-OH is 1. The zero-order valence-corrected chi connectivity index (χ0v) is 19.1. The maximum atomic E-state index is 15.5. The van der Waals surface area contributed by atoms with Gasteiger partial charge in [0.1, 0.15) is 11.5 Å². The molecule has 0 aliphatic carbocycles. The molecule has 0 amide bonds. The van der Waals surface area contributed by atoms with Crippen molar-refractivity contribution in [1.29, 1.82) is 0 Å². The number of fused-ring (bicyclic) bond motifs is 2. The molecule has 9 heteroatoms. The number of carbonyl (C=O) groups is 2. The standard InChI is InChI=1S/C24H28FN3O5/c1-14(30)33-12-6-7-15-16-9-10-17(25)20(22(16)27(2)23(15)24(31)32-3)21-18(13-29)26-28-11-5-4-8-19(21)28/h9-10,29H,4-8,11-13H2,1-3H3. The van der Waals surface area contributed by atoms with Gasteiger partial charge < -0.3 is 19.1 Å². The lowest BCUT2D eigenvalue weighted by Crippen LogP contribution is -2.12. The summed E-state index contributed by atoms with van der Waals surface area (Å²) in [6.45, 7) is 1.97. The van der Waals surface area contributed by atoms with E-state index in [1.165, 1.54) is 20.1 Å². The molecule has 3 aromatic rings. The van der Waals surface area contributed by atoms with Gasteiger partial charge in [-0.25, -0.2) is 9.18 Å². The quantitative estimate of drug-likeness (QED) is 0.432. The predicted octanol–water partition coefficient (Wildman–Crippen LogP) is 3.29. The molecule has 2 aromatic heterocycles. The van der Waals surface area contributed by atoms with Gasteiger partial charge in [-0.2, -0.15) is 5.10 Å². The second kappa shape index (κ2) is 9.35. The van der Waals surface area contributed by atoms with Crippen molar-refractivity contribution in [2.45, 2.75) is 52.2 Å². The number of carbonyl (C=O) groups excluding carboxylic acids is 2. The minimum Gasteiger partial charge on any atom is -0.466 e. The Morgan fingerprint density at radius 3 is 2.73 bits per heavy atom. The molecule has 176 valence electrons. The first-order chi connectivity index (χ1) is 15.9. The molecular weight excluding hydrogens is 429 g/mol. The average molecular weight is 458 g/mol. The van der Waals surface area contributed by atoms with Crippen molar-refractivity contribution >= 4 is 22.8 Å². The van der Waals surface area contributed by atoms with Crippen molar-refractivity contribution in [2.75, 3.05) is 13.7 Å². The van der Waals surface area contributed by atoms with Crippen LogP contribution in [-0.4, -0.2) is 45.1 Å². The fourth-order valence-electron chi connectivity index (χ4n) is 4.86. The van der Waals surface area contributed by atoms with Crippen molar-refractivity contribution in [2.24, 2.45) is 7.05 Å². The summed E-state index contributed by atoms with van der Waals surface area (Å²) in [5, 5.41) is 15.3. The minimum atomic E-state index is -0.526. The van der Waals surface area contributed by atoms with Gasteiger partial charge in [-0.15, -0.1) is 0 Å². The molecule has 1 aromatic carbocycles. The van der Waals surface area contributed by atoms with E-state index in [1.54, 1.807) is 17.7 Å². The van der Waals surface area contributed by atoms with E-state index in [1.807, 2.05) is 4.68 Å². The Balaban J connectivity index is 1.95. The first kappa shape index (κ1) is 23.0. The lowest BCUT2D eigenvalue weighted by molar-refractivity contribution is -0.141. The third-order valence-corrected chi connectivity index (χ3v) is 6.23. The molecule has 0 saturated heterocycles. The summed E-state index contributed by atoms with van der Waals surface area (Å²) in [4.78, 5) is 23.8. The Bertz CT molecular complexity index is 1230. The maximum absolute atomic E-state index is 15.5. The molecule has 0 saturated carbocycles. The molecule has 0 fully saturated rings. The highest BCUT2D eigenvalue weighted by molar-refractivity contribution is 6.05. The highest BCUT2D eigenvalue weighted by Gasteiger charge is 2.29. The van der Waals surface area contributed by atoms with Gasteiger partial charge in [0.2, 0.25) is 0 Å². The zero-order chi connectivity index (χ0) is 23.7. The van der Waals surface area contributed by atoms with Crippen LogP contribution in [0.1, 0.15) is 53.6 Å². The molecule has 4 rings (SSSR count). The summed E-state index contributed by atoms with van der Waals surface area (Å²) in [6.07, 6.45) is 3.62. The normalized spacial score (nSPS) is 13.2. The first-order valence-electron chi connectivity index (χ1n) is 11.1. The molecule has 0 spiro atoms. The minimum absolute atomic E-state index is 0.214. The highest BCUT2D eigenvalue weighted by Crippen LogP contribution is 2.40. The molecule has 33 heavy (non-hydrogen) atoms. The van der Waals surface area contributed by atoms with Gasteiger partial charge in [-0.05, 0) is 49.8 Å². The molecule has 1 aliphatic heterocycles. The highest BCUT2D eigenvalue weighted by atomic mass is 19.1. The summed E-state index contributed by atoms with van der Waals surface area (Å²) in [6, 6.07) is 3.05. The maximum Gasteiger partial charge on any atom is 0.354 e. The fourth-order valence-corrected chi connectivity index (χ4v) is 4.86. The number of halogens is 1. The van der Waals surface area contributed by atoms with E-state index in [4.69, 9.17) is 9.47 Å². The Morgan fingerprint density at radius 2 is 2.03 bits per heavy atom. The second-order valence-corrected chi connectivity index (χ2v) is 8.25. The number of aromatic nitrogens is 3. The van der Waals surface area contributed by atoms with Gasteiger partial charge >= 0.3 is 11.9 Å². The van der Waals surface area contributed by atoms with E-state index in [-0.39, 0.29) is 19.2 Å². The molecule has 0 atom stereocenters. The first-order valence-corrected chi connectivity index (χ1v) is 11.1. The topological polar surface area (TPSA) is 95.6 Å². The molecule has 0 unspecified atom stereocenters. The molecule has 0 bridgehead atoms. The van der Waals surface area contributed by atoms with Gasteiger partial charge in [-0.1, -0.05) is 0 Å². The summed E-state index contributed by atoms with van der Waals surface area (Å²) >= 11 is 0. The number of hydrogen-bond donors (Lipinski definition) is 1. The molecule has 1 aliphatic rings. The van der Waals surface area contributed by atoms with E-state index in [9.17, 15) is 14.7 Å². The number of esters is 2. The molecule has 0 radical (unpaired) electrons. The Morgan fingerprint density at radius 1 is 1.24 bits per heavy atom. The Kier molecular flexibility index (Phi) is 6.51. The van der Waals surface area contributed by atoms with Crippen molar-refractivity contribution in [3.8, 4) is 11.1 Å². The van der Waals surface area contributed by atoms with Crippen molar-refractivity contribution in [3.63, 3.8) is 0 Å². The summed E-state index contributed by atoms with van der Waals surface area (Å²) < 4.78 is 29.1. The van der Waals surface area contributed by atoms with Crippen LogP contribution in [0.5, 0.6) is 0 Å². The van der Waals surface area contributed by atoms with E-state index in [0.717, 1.165) is 36.9 Å². The van der Waals surface area contributed by atoms with Crippen molar-refractivity contribution in [3.05, 3.63) is 40.6 Å². The smallest absolute Gasteiger partial charge is 0.354 e. The van der Waals surface area contributed by atoms with Gasteiger partial charge in [0.15, 0.2) is 0 Å². The predicted molar refractivity (Wildman–Crippen MR) is 119 cm³/mol. The molecule has 3 heterocycles. The van der Waals surface area contributed by atoms with E-state index >= 15 is 4.39 Å². The number of benzene rings is 1. The van der Waals surface area contributed by atoms with Crippen LogP contribution >= 0.6 is 0 Å². The van der Waals surface area contributed by atoms with Gasteiger partial charge in [-0.3, -0.25) is 9.48 Å². The monoisotopic (exact) mass is 457 g/mol. The number of ether oxygens (including phenoxy) is 2. The number of nitrogens with zero attached hydrogens (tertiary/aromatic N) is 3. The largest absolute Gasteiger partial charge is 0.466 e. The van der Waals surface area contributed by atoms with Crippen LogP contribution in [0.25, 0.3) is 22.0 Å². The van der Waals surface area contributed by atoms with E-state index in [0.29, 0.717) is 46.4 Å². The van der Waals surface area contributed by atoms with E-state index < -0.39 is 11.8 Å². The Labute approximate surface area is 190 Å². The van der Waals surface area contributed by atoms with Crippen molar-refractivity contribution < 1.29 is 28.6 Å². The van der Waals surface area contributed by atoms with Crippen LogP contribution in [0, 0.1) is 5.82 Å². The molecule has 8 nitrogen and oxygen atoms in total. The van der Waals surface area contributed by atoms with E-state index in [2.05, 4.69) is 5.10 Å². The number of methoxy groups -OCH3 is 1. The van der Waals surface area contributed by atoms with Gasteiger partial charge in [0, 0.05) is 42.7 Å². The molecular formula is C24H28FN3O5. The molecule has 1 N–H and O–H groups in total. The van der Waals surface area contributed by atoms with Gasteiger partial charge in [0.05, 0.1) is 31.5 Å². The lowest BCUT2D eigenvalue weighted by atomic mass is 9.95. The summed E-state index contributed by atoms with van der Waals surface area (Å²) in [5.41, 5.74) is 3.84. The van der Waals surface area contributed by atoms with Crippen LogP contribution in [-0.2, 0) is 47.3 Å². The van der Waals surface area contributed by atoms with Crippen LogP contribution in [0.2, 0.25) is 0 Å². The third kappa shape index (κ3) is 4.01. The zero-order valence-electron chi connectivity index (χ0n) is 19.1. The summed E-state index contributed by atoms with van der Waals surface area (Å²) in [5.74, 6) is -1.34. The van der Waals surface area contributed by atoms with Gasteiger partial charge in [0.25, 0.3) is 0 Å². The second-order valence-electron chi connectivity index (χ2n) is 8.25.